The molecule has 2 rings (SSSR count). The summed E-state index contributed by atoms with van der Waals surface area (Å²) in [5.41, 5.74) is 1.29. The lowest BCUT2D eigenvalue weighted by molar-refractivity contribution is -0.137. The smallest absolute Gasteiger partial charge is 0.325 e. The van der Waals surface area contributed by atoms with Crippen molar-refractivity contribution >= 4 is 23.6 Å². The summed E-state index contributed by atoms with van der Waals surface area (Å²) >= 11 is 0. The summed E-state index contributed by atoms with van der Waals surface area (Å²) in [6.45, 7) is 3.49. The van der Waals surface area contributed by atoms with E-state index in [9.17, 15) is 14.4 Å². The van der Waals surface area contributed by atoms with Gasteiger partial charge in [0.1, 0.15) is 12.2 Å². The van der Waals surface area contributed by atoms with E-state index in [2.05, 4.69) is 26.3 Å². The number of amides is 3. The van der Waals surface area contributed by atoms with Crippen molar-refractivity contribution in [1.29, 1.82) is 0 Å². The van der Waals surface area contributed by atoms with Crippen LogP contribution in [0.25, 0.3) is 0 Å². The highest BCUT2D eigenvalue weighted by molar-refractivity contribution is 5.96. The van der Waals surface area contributed by atoms with Crippen molar-refractivity contribution in [2.75, 3.05) is 5.32 Å². The molecule has 138 valence electrons. The molecule has 0 fully saturated rings. The second-order valence-corrected chi connectivity index (χ2v) is 5.82. The number of hydrogen-bond acceptors (Lipinski definition) is 5. The third-order valence-corrected chi connectivity index (χ3v) is 3.12. The summed E-state index contributed by atoms with van der Waals surface area (Å²) < 4.78 is 1.17. The van der Waals surface area contributed by atoms with Crippen molar-refractivity contribution in [3.05, 3.63) is 41.7 Å². The van der Waals surface area contributed by atoms with Crippen molar-refractivity contribution in [2.24, 2.45) is 0 Å². The first-order chi connectivity index (χ1) is 12.3. The van der Waals surface area contributed by atoms with Gasteiger partial charge in [0.25, 0.3) is 5.91 Å². The lowest BCUT2D eigenvalue weighted by atomic mass is 10.2. The fourth-order valence-corrected chi connectivity index (χ4v) is 2.08. The molecule has 0 spiro atoms. The fraction of sp³-hybridized carbons (Fsp3) is 0.312. The lowest BCUT2D eigenvalue weighted by Gasteiger charge is -2.11. The van der Waals surface area contributed by atoms with Crippen LogP contribution in [0, 0.1) is 0 Å². The molecule has 0 bridgehead atoms. The molecule has 10 heteroatoms. The number of hydrogen-bond donors (Lipinski definition) is 4. The normalized spacial score (nSPS) is 10.4. The summed E-state index contributed by atoms with van der Waals surface area (Å²) in [5, 5.41) is 24.1. The Labute approximate surface area is 149 Å². The highest BCUT2D eigenvalue weighted by Crippen LogP contribution is 2.11. The van der Waals surface area contributed by atoms with Gasteiger partial charge >= 0.3 is 12.0 Å². The Morgan fingerprint density at radius 3 is 2.73 bits per heavy atom. The summed E-state index contributed by atoms with van der Waals surface area (Å²) in [4.78, 5) is 34.5. The summed E-state index contributed by atoms with van der Waals surface area (Å²) in [7, 11) is 0. The van der Waals surface area contributed by atoms with Gasteiger partial charge in [-0.05, 0) is 32.0 Å². The minimum Gasteiger partial charge on any atom is -0.480 e. The third kappa shape index (κ3) is 5.89. The average molecular weight is 360 g/mol. The number of nitrogens with zero attached hydrogens (tertiary/aromatic N) is 3. The molecule has 26 heavy (non-hydrogen) atoms. The molecule has 1 aromatic carbocycles. The fourth-order valence-electron chi connectivity index (χ4n) is 2.08. The van der Waals surface area contributed by atoms with E-state index >= 15 is 0 Å². The molecular weight excluding hydrogens is 340 g/mol. The van der Waals surface area contributed by atoms with Crippen LogP contribution >= 0.6 is 0 Å². The van der Waals surface area contributed by atoms with Gasteiger partial charge in [-0.2, -0.15) is 0 Å². The van der Waals surface area contributed by atoms with Gasteiger partial charge in [-0.1, -0.05) is 11.3 Å². The Hall–Kier alpha value is -3.43. The zero-order valence-corrected chi connectivity index (χ0v) is 14.4. The van der Waals surface area contributed by atoms with Gasteiger partial charge in [0.15, 0.2) is 0 Å². The minimum atomic E-state index is -1.03. The first-order valence-corrected chi connectivity index (χ1v) is 7.90. The number of benzene rings is 1. The zero-order chi connectivity index (χ0) is 19.1. The van der Waals surface area contributed by atoms with Crippen LogP contribution in [0.1, 0.15) is 29.9 Å². The number of nitrogens with one attached hydrogen (secondary N) is 3. The van der Waals surface area contributed by atoms with Gasteiger partial charge in [0, 0.05) is 17.3 Å². The summed E-state index contributed by atoms with van der Waals surface area (Å²) in [6, 6.07) is 6.14. The maximum absolute atomic E-state index is 12.2. The van der Waals surface area contributed by atoms with Gasteiger partial charge in [-0.25, -0.2) is 9.48 Å². The summed E-state index contributed by atoms with van der Waals surface area (Å²) in [5.74, 6) is -1.39. The Morgan fingerprint density at radius 1 is 1.27 bits per heavy atom. The molecule has 0 aliphatic heterocycles. The molecule has 3 amide bonds. The maximum atomic E-state index is 12.2. The maximum Gasteiger partial charge on any atom is 0.325 e. The van der Waals surface area contributed by atoms with Crippen molar-refractivity contribution in [1.82, 2.24) is 25.6 Å². The molecule has 0 aliphatic carbocycles. The Kier molecular flexibility index (Phi) is 6.25. The monoisotopic (exact) mass is 360 g/mol. The highest BCUT2D eigenvalue weighted by Gasteiger charge is 2.10. The molecule has 2 aromatic rings. The number of urea groups is 1. The third-order valence-electron chi connectivity index (χ3n) is 3.12. The van der Waals surface area contributed by atoms with Crippen molar-refractivity contribution in [3.8, 4) is 0 Å². The number of carboxylic acid groups (broad SMARTS) is 1. The molecule has 4 N–H and O–H groups in total. The van der Waals surface area contributed by atoms with Crippen molar-refractivity contribution in [2.45, 2.75) is 33.0 Å². The average Bonchev–Trinajstić information content (AvgIpc) is 2.98. The number of carbonyl (C=O) groups is 3. The van der Waals surface area contributed by atoms with E-state index in [-0.39, 0.29) is 31.1 Å². The second-order valence-electron chi connectivity index (χ2n) is 5.82. The number of aliphatic carboxylic acids is 1. The van der Waals surface area contributed by atoms with E-state index in [1.165, 1.54) is 10.9 Å². The van der Waals surface area contributed by atoms with Crippen LogP contribution in [0.15, 0.2) is 30.5 Å². The summed E-state index contributed by atoms with van der Waals surface area (Å²) in [6.07, 6.45) is 1.45. The number of aromatic nitrogens is 3. The lowest BCUT2D eigenvalue weighted by Crippen LogP contribution is -2.34. The van der Waals surface area contributed by atoms with Gasteiger partial charge < -0.3 is 21.1 Å². The second kappa shape index (κ2) is 8.60. The first-order valence-electron chi connectivity index (χ1n) is 7.90. The molecule has 1 heterocycles. The van der Waals surface area contributed by atoms with Crippen LogP contribution in [0.2, 0.25) is 0 Å². The highest BCUT2D eigenvalue weighted by atomic mass is 16.4. The van der Waals surface area contributed by atoms with Crippen LogP contribution in [-0.4, -0.2) is 44.0 Å². The van der Waals surface area contributed by atoms with Crippen LogP contribution < -0.4 is 16.0 Å². The molecule has 0 aliphatic rings. The topological polar surface area (TPSA) is 138 Å². The molecule has 0 saturated heterocycles. The van der Waals surface area contributed by atoms with Gasteiger partial charge in [-0.15, -0.1) is 5.10 Å². The predicted molar refractivity (Wildman–Crippen MR) is 92.6 cm³/mol. The first kappa shape index (κ1) is 18.9. The van der Waals surface area contributed by atoms with Gasteiger partial charge in [-0.3, -0.25) is 9.59 Å². The molecule has 0 saturated carbocycles. The van der Waals surface area contributed by atoms with E-state index < -0.39 is 5.97 Å². The molecule has 0 atom stereocenters. The van der Waals surface area contributed by atoms with Crippen molar-refractivity contribution in [3.63, 3.8) is 0 Å². The number of carboxylic acids is 1. The molecule has 10 nitrogen and oxygen atoms in total. The van der Waals surface area contributed by atoms with Crippen LogP contribution in [0.5, 0.6) is 0 Å². The molecule has 0 radical (unpaired) electrons. The predicted octanol–water partition coefficient (Wildman–Crippen LogP) is 0.823. The molecule has 0 unspecified atom stereocenters. The van der Waals surface area contributed by atoms with Gasteiger partial charge in [0.2, 0.25) is 0 Å². The van der Waals surface area contributed by atoms with Crippen LogP contribution in [0.4, 0.5) is 10.5 Å². The molecule has 1 aromatic heterocycles. The van der Waals surface area contributed by atoms with Crippen LogP contribution in [0.3, 0.4) is 0 Å². The Balaban J connectivity index is 1.93. The van der Waals surface area contributed by atoms with E-state index in [1.807, 2.05) is 13.8 Å². The zero-order valence-electron chi connectivity index (χ0n) is 14.4. The van der Waals surface area contributed by atoms with E-state index in [4.69, 9.17) is 5.11 Å². The largest absolute Gasteiger partial charge is 0.480 e. The molecular formula is C16H20N6O4. The van der Waals surface area contributed by atoms with E-state index in [1.54, 1.807) is 24.3 Å². The number of rotatable bonds is 7. The Morgan fingerprint density at radius 2 is 2.04 bits per heavy atom. The minimum absolute atomic E-state index is 0.00368. The number of anilines is 1. The van der Waals surface area contributed by atoms with E-state index in [0.717, 1.165) is 0 Å². The standard InChI is InChI=1S/C16H20N6O4/c1-10(2)18-16(26)19-12-5-3-4-11(6-12)15(25)17-7-13-8-22(21-20-13)9-14(23)24/h3-6,8,10H,7,9H2,1-2H3,(H,17,25)(H,23,24)(H2,18,19,26). The number of carbonyl (C=O) groups excluding carboxylic acids is 2. The van der Waals surface area contributed by atoms with Gasteiger partial charge in [0.05, 0.1) is 12.7 Å². The SMILES string of the molecule is CC(C)NC(=O)Nc1cccc(C(=O)NCc2cn(CC(=O)O)nn2)c1. The van der Waals surface area contributed by atoms with Crippen LogP contribution in [-0.2, 0) is 17.9 Å². The Bertz CT molecular complexity index is 802. The van der Waals surface area contributed by atoms with E-state index in [0.29, 0.717) is 16.9 Å². The van der Waals surface area contributed by atoms with Crippen molar-refractivity contribution < 1.29 is 19.5 Å². The quantitative estimate of drug-likeness (QED) is 0.577.